The lowest BCUT2D eigenvalue weighted by molar-refractivity contribution is -0.148. The molecule has 6 nitrogen and oxygen atoms in total. The summed E-state index contributed by atoms with van der Waals surface area (Å²) < 4.78 is 10.2. The van der Waals surface area contributed by atoms with Crippen molar-refractivity contribution in [3.8, 4) is 16.3 Å². The second kappa shape index (κ2) is 9.84. The minimum atomic E-state index is -0.487. The molecule has 0 saturated carbocycles. The number of methoxy groups -OCH3 is 1. The van der Waals surface area contributed by atoms with Crippen LogP contribution in [0.3, 0.4) is 0 Å². The Morgan fingerprint density at radius 3 is 2.52 bits per heavy atom. The van der Waals surface area contributed by atoms with Crippen LogP contribution >= 0.6 is 11.3 Å². The van der Waals surface area contributed by atoms with Gasteiger partial charge in [-0.15, -0.1) is 11.3 Å². The standard InChI is InChI=1S/C22H22N2O4S/c1-15(16-6-4-3-5-7-16)23-20(25)13-28-21(26)12-18-14-29-22(24-18)17-8-10-19(27-2)11-9-17/h3-11,14-15H,12-13H2,1-2H3,(H,23,25)/t15-/m1/s1. The molecule has 0 saturated heterocycles. The molecule has 0 bridgehead atoms. The number of nitrogens with one attached hydrogen (secondary N) is 1. The number of hydrogen-bond donors (Lipinski definition) is 1. The van der Waals surface area contributed by atoms with E-state index in [0.29, 0.717) is 5.69 Å². The van der Waals surface area contributed by atoms with Crippen molar-refractivity contribution >= 4 is 23.2 Å². The zero-order valence-electron chi connectivity index (χ0n) is 16.3. The number of rotatable bonds is 8. The molecule has 1 aromatic heterocycles. The Balaban J connectivity index is 1.47. The van der Waals surface area contributed by atoms with Crippen LogP contribution in [0.2, 0.25) is 0 Å². The van der Waals surface area contributed by atoms with Gasteiger partial charge < -0.3 is 14.8 Å². The van der Waals surface area contributed by atoms with Crippen molar-refractivity contribution < 1.29 is 19.1 Å². The topological polar surface area (TPSA) is 77.5 Å². The van der Waals surface area contributed by atoms with Crippen molar-refractivity contribution in [3.05, 3.63) is 71.2 Å². The lowest BCUT2D eigenvalue weighted by Gasteiger charge is -2.14. The van der Waals surface area contributed by atoms with Crippen molar-refractivity contribution in [1.82, 2.24) is 10.3 Å². The molecule has 0 aliphatic heterocycles. The maximum Gasteiger partial charge on any atom is 0.312 e. The summed E-state index contributed by atoms with van der Waals surface area (Å²) in [6, 6.07) is 17.0. The first-order valence-electron chi connectivity index (χ1n) is 9.14. The van der Waals surface area contributed by atoms with E-state index in [9.17, 15) is 9.59 Å². The van der Waals surface area contributed by atoms with E-state index in [4.69, 9.17) is 9.47 Å². The molecule has 1 amide bonds. The molecule has 1 heterocycles. The molecular weight excluding hydrogens is 388 g/mol. The number of carbonyl (C=O) groups is 2. The van der Waals surface area contributed by atoms with Gasteiger partial charge in [0.25, 0.3) is 5.91 Å². The molecule has 3 rings (SSSR count). The average molecular weight is 410 g/mol. The van der Waals surface area contributed by atoms with Gasteiger partial charge in [-0.1, -0.05) is 30.3 Å². The molecular formula is C22H22N2O4S. The molecule has 29 heavy (non-hydrogen) atoms. The highest BCUT2D eigenvalue weighted by Crippen LogP contribution is 2.25. The smallest absolute Gasteiger partial charge is 0.312 e. The molecule has 0 spiro atoms. The van der Waals surface area contributed by atoms with Crippen molar-refractivity contribution in [3.63, 3.8) is 0 Å². The lowest BCUT2D eigenvalue weighted by atomic mass is 10.1. The maximum atomic E-state index is 12.0. The first kappa shape index (κ1) is 20.5. The number of benzene rings is 2. The Kier molecular flexibility index (Phi) is 6.97. The predicted molar refractivity (Wildman–Crippen MR) is 112 cm³/mol. The first-order chi connectivity index (χ1) is 14.0. The van der Waals surface area contributed by atoms with Gasteiger partial charge in [0, 0.05) is 10.9 Å². The van der Waals surface area contributed by atoms with E-state index in [1.54, 1.807) is 7.11 Å². The predicted octanol–water partition coefficient (Wildman–Crippen LogP) is 3.78. The minimum absolute atomic E-state index is 0.0220. The van der Waals surface area contributed by atoms with E-state index in [0.717, 1.165) is 21.9 Å². The van der Waals surface area contributed by atoms with Crippen LogP contribution in [-0.4, -0.2) is 30.6 Å². The Morgan fingerprint density at radius 2 is 1.83 bits per heavy atom. The van der Waals surface area contributed by atoms with Gasteiger partial charge in [-0.3, -0.25) is 9.59 Å². The van der Waals surface area contributed by atoms with E-state index >= 15 is 0 Å². The zero-order valence-corrected chi connectivity index (χ0v) is 17.1. The third-order valence-corrected chi connectivity index (χ3v) is 5.20. The SMILES string of the molecule is COc1ccc(-c2nc(CC(=O)OCC(=O)N[C@H](C)c3ccccc3)cs2)cc1. The Hall–Kier alpha value is -3.19. The summed E-state index contributed by atoms with van der Waals surface area (Å²) in [5.74, 6) is -0.0556. The number of aromatic nitrogens is 1. The van der Waals surface area contributed by atoms with Gasteiger partial charge in [0.2, 0.25) is 0 Å². The van der Waals surface area contributed by atoms with Gasteiger partial charge in [-0.05, 0) is 36.8 Å². The number of ether oxygens (including phenoxy) is 2. The normalized spacial score (nSPS) is 11.5. The van der Waals surface area contributed by atoms with Crippen LogP contribution in [0.5, 0.6) is 5.75 Å². The summed E-state index contributed by atoms with van der Waals surface area (Å²) in [5, 5.41) is 5.44. The summed E-state index contributed by atoms with van der Waals surface area (Å²) in [6.45, 7) is 1.57. The summed E-state index contributed by atoms with van der Waals surface area (Å²) in [6.07, 6.45) is 0.0220. The molecule has 7 heteroatoms. The van der Waals surface area contributed by atoms with Crippen molar-refractivity contribution in [2.45, 2.75) is 19.4 Å². The highest BCUT2D eigenvalue weighted by atomic mass is 32.1. The molecule has 0 aliphatic carbocycles. The monoisotopic (exact) mass is 410 g/mol. The van der Waals surface area contributed by atoms with Crippen LogP contribution in [0.4, 0.5) is 0 Å². The van der Waals surface area contributed by atoms with Crippen LogP contribution in [0, 0.1) is 0 Å². The van der Waals surface area contributed by atoms with Crippen LogP contribution in [-0.2, 0) is 20.7 Å². The zero-order chi connectivity index (χ0) is 20.6. The molecule has 2 aromatic carbocycles. The molecule has 0 radical (unpaired) electrons. The largest absolute Gasteiger partial charge is 0.497 e. The van der Waals surface area contributed by atoms with Gasteiger partial charge in [0.1, 0.15) is 10.8 Å². The summed E-state index contributed by atoms with van der Waals surface area (Å²) >= 11 is 1.45. The number of nitrogens with zero attached hydrogens (tertiary/aromatic N) is 1. The lowest BCUT2D eigenvalue weighted by Crippen LogP contribution is -2.31. The number of carbonyl (C=O) groups excluding carboxylic acids is 2. The van der Waals surface area contributed by atoms with Crippen LogP contribution in [0.1, 0.15) is 24.2 Å². The fraction of sp³-hybridized carbons (Fsp3) is 0.227. The number of esters is 1. The highest BCUT2D eigenvalue weighted by molar-refractivity contribution is 7.13. The molecule has 0 fully saturated rings. The Bertz CT molecular complexity index is 954. The van der Waals surface area contributed by atoms with E-state index < -0.39 is 5.97 Å². The van der Waals surface area contributed by atoms with Gasteiger partial charge in [0.05, 0.1) is 25.3 Å². The fourth-order valence-electron chi connectivity index (χ4n) is 2.71. The number of thiazole rings is 1. The van der Waals surface area contributed by atoms with E-state index in [1.165, 1.54) is 11.3 Å². The summed E-state index contributed by atoms with van der Waals surface area (Å²) in [5.41, 5.74) is 2.55. The van der Waals surface area contributed by atoms with Gasteiger partial charge in [0.15, 0.2) is 6.61 Å². The molecule has 3 aromatic rings. The van der Waals surface area contributed by atoms with Crippen LogP contribution in [0.25, 0.3) is 10.6 Å². The van der Waals surface area contributed by atoms with Crippen molar-refractivity contribution in [1.29, 1.82) is 0 Å². The van der Waals surface area contributed by atoms with Gasteiger partial charge in [-0.25, -0.2) is 4.98 Å². The third-order valence-electron chi connectivity index (χ3n) is 4.26. The number of hydrogen-bond acceptors (Lipinski definition) is 6. The second-order valence-electron chi connectivity index (χ2n) is 6.41. The second-order valence-corrected chi connectivity index (χ2v) is 7.27. The van der Waals surface area contributed by atoms with Crippen molar-refractivity contribution in [2.75, 3.05) is 13.7 Å². The molecule has 1 atom stereocenters. The highest BCUT2D eigenvalue weighted by Gasteiger charge is 2.14. The Labute approximate surface area is 173 Å². The molecule has 150 valence electrons. The average Bonchev–Trinajstić information content (AvgIpc) is 3.21. The fourth-order valence-corrected chi connectivity index (χ4v) is 3.53. The maximum absolute atomic E-state index is 12.0. The van der Waals surface area contributed by atoms with Crippen molar-refractivity contribution in [2.24, 2.45) is 0 Å². The Morgan fingerprint density at radius 1 is 1.10 bits per heavy atom. The van der Waals surface area contributed by atoms with Crippen LogP contribution in [0.15, 0.2) is 60.0 Å². The first-order valence-corrected chi connectivity index (χ1v) is 10.0. The summed E-state index contributed by atoms with van der Waals surface area (Å²) in [7, 11) is 1.62. The summed E-state index contributed by atoms with van der Waals surface area (Å²) in [4.78, 5) is 28.5. The van der Waals surface area contributed by atoms with Crippen LogP contribution < -0.4 is 10.1 Å². The van der Waals surface area contributed by atoms with Gasteiger partial charge >= 0.3 is 5.97 Å². The van der Waals surface area contributed by atoms with Gasteiger partial charge in [-0.2, -0.15) is 0 Å². The van der Waals surface area contributed by atoms with E-state index in [2.05, 4.69) is 10.3 Å². The molecule has 1 N–H and O–H groups in total. The number of amides is 1. The minimum Gasteiger partial charge on any atom is -0.497 e. The van der Waals surface area contributed by atoms with E-state index in [-0.39, 0.29) is 25.0 Å². The van der Waals surface area contributed by atoms with E-state index in [1.807, 2.05) is 66.9 Å². The quantitative estimate of drug-likeness (QED) is 0.572. The third kappa shape index (κ3) is 5.89. The molecule has 0 unspecified atom stereocenters. The molecule has 0 aliphatic rings.